The van der Waals surface area contributed by atoms with Gasteiger partial charge in [0.2, 0.25) is 5.78 Å². The van der Waals surface area contributed by atoms with Crippen LogP contribution in [0.1, 0.15) is 37.9 Å². The third-order valence-corrected chi connectivity index (χ3v) is 4.89. The zero-order valence-electron chi connectivity index (χ0n) is 14.2. The first kappa shape index (κ1) is 18.1. The molecule has 4 heteroatoms. The van der Waals surface area contributed by atoms with Gasteiger partial charge in [0.15, 0.2) is 6.10 Å². The number of benzene rings is 3. The standard InChI is InChI=1S/C22H17BrO3/c1-15-12-13-18(14-19(15)23)22(25)26-21(17-10-6-3-7-11-17)20(24)16-8-4-2-5-9-16/h2-14,21H,1H3/t21-/m0/s1. The van der Waals surface area contributed by atoms with Crippen molar-refractivity contribution >= 4 is 27.7 Å². The SMILES string of the molecule is Cc1ccc(C(=O)O[C@H](C(=O)c2ccccc2)c2ccccc2)cc1Br. The molecule has 1 atom stereocenters. The van der Waals surface area contributed by atoms with Crippen LogP contribution in [0.3, 0.4) is 0 Å². The number of carbonyl (C=O) groups is 2. The summed E-state index contributed by atoms with van der Waals surface area (Å²) in [4.78, 5) is 25.6. The lowest BCUT2D eigenvalue weighted by molar-refractivity contribution is 0.0280. The molecule has 0 aromatic heterocycles. The fourth-order valence-corrected chi connectivity index (χ4v) is 2.93. The van der Waals surface area contributed by atoms with E-state index in [-0.39, 0.29) is 5.78 Å². The van der Waals surface area contributed by atoms with Gasteiger partial charge in [0, 0.05) is 15.6 Å². The van der Waals surface area contributed by atoms with Gasteiger partial charge in [-0.25, -0.2) is 4.79 Å². The van der Waals surface area contributed by atoms with Gasteiger partial charge in [-0.1, -0.05) is 82.7 Å². The maximum atomic E-state index is 12.9. The summed E-state index contributed by atoms with van der Waals surface area (Å²) >= 11 is 3.42. The Labute approximate surface area is 160 Å². The molecule has 26 heavy (non-hydrogen) atoms. The van der Waals surface area contributed by atoms with E-state index in [1.54, 1.807) is 48.5 Å². The Balaban J connectivity index is 1.92. The number of ketones is 1. The Morgan fingerprint density at radius 2 is 1.46 bits per heavy atom. The smallest absolute Gasteiger partial charge is 0.339 e. The van der Waals surface area contributed by atoms with Crippen LogP contribution in [0.2, 0.25) is 0 Å². The lowest BCUT2D eigenvalue weighted by Crippen LogP contribution is -2.20. The molecular formula is C22H17BrO3. The van der Waals surface area contributed by atoms with E-state index in [2.05, 4.69) is 15.9 Å². The molecule has 0 aliphatic rings. The molecule has 0 heterocycles. The molecule has 0 N–H and O–H groups in total. The van der Waals surface area contributed by atoms with Gasteiger partial charge >= 0.3 is 5.97 Å². The summed E-state index contributed by atoms with van der Waals surface area (Å²) in [5.41, 5.74) is 2.55. The lowest BCUT2D eigenvalue weighted by Gasteiger charge is -2.18. The second kappa shape index (κ2) is 8.11. The summed E-state index contributed by atoms with van der Waals surface area (Å²) in [5, 5.41) is 0. The number of rotatable bonds is 5. The Bertz CT molecular complexity index is 921. The molecule has 0 aliphatic carbocycles. The highest BCUT2D eigenvalue weighted by atomic mass is 79.9. The van der Waals surface area contributed by atoms with Crippen LogP contribution >= 0.6 is 15.9 Å². The Morgan fingerprint density at radius 3 is 2.08 bits per heavy atom. The Kier molecular flexibility index (Phi) is 5.64. The van der Waals surface area contributed by atoms with E-state index >= 15 is 0 Å². The molecule has 0 unspecified atom stereocenters. The minimum Gasteiger partial charge on any atom is -0.445 e. The maximum absolute atomic E-state index is 12.9. The summed E-state index contributed by atoms with van der Waals surface area (Å²) in [6.07, 6.45) is -0.994. The molecule has 0 radical (unpaired) electrons. The molecular weight excluding hydrogens is 392 g/mol. The second-order valence-electron chi connectivity index (χ2n) is 5.89. The first-order chi connectivity index (χ1) is 12.6. The average Bonchev–Trinajstić information content (AvgIpc) is 2.69. The van der Waals surface area contributed by atoms with Crippen LogP contribution in [0.4, 0.5) is 0 Å². The molecule has 130 valence electrons. The largest absolute Gasteiger partial charge is 0.445 e. The normalized spacial score (nSPS) is 11.6. The van der Waals surface area contributed by atoms with Crippen molar-refractivity contribution in [2.24, 2.45) is 0 Å². The summed E-state index contributed by atoms with van der Waals surface area (Å²) in [6.45, 7) is 1.94. The van der Waals surface area contributed by atoms with E-state index in [1.165, 1.54) is 0 Å². The van der Waals surface area contributed by atoms with Crippen molar-refractivity contribution in [1.82, 2.24) is 0 Å². The van der Waals surface area contributed by atoms with Gasteiger partial charge in [-0.2, -0.15) is 0 Å². The topological polar surface area (TPSA) is 43.4 Å². The fourth-order valence-electron chi connectivity index (χ4n) is 2.55. The minimum absolute atomic E-state index is 0.253. The summed E-state index contributed by atoms with van der Waals surface area (Å²) in [6, 6.07) is 23.1. The van der Waals surface area contributed by atoms with E-state index in [0.717, 1.165) is 10.0 Å². The van der Waals surface area contributed by atoms with Crippen LogP contribution in [0.25, 0.3) is 0 Å². The molecule has 3 nitrogen and oxygen atoms in total. The van der Waals surface area contributed by atoms with Crippen LogP contribution in [0.15, 0.2) is 83.3 Å². The number of aryl methyl sites for hydroxylation is 1. The molecule has 0 aliphatic heterocycles. The first-order valence-corrected chi connectivity index (χ1v) is 8.97. The van der Waals surface area contributed by atoms with Crippen LogP contribution < -0.4 is 0 Å². The van der Waals surface area contributed by atoms with Gasteiger partial charge in [-0.3, -0.25) is 4.79 Å². The number of hydrogen-bond donors (Lipinski definition) is 0. The minimum atomic E-state index is -0.994. The number of ether oxygens (including phenoxy) is 1. The summed E-state index contributed by atoms with van der Waals surface area (Å²) < 4.78 is 6.44. The molecule has 3 aromatic rings. The van der Waals surface area contributed by atoms with Gasteiger partial charge in [0.25, 0.3) is 0 Å². The number of carbonyl (C=O) groups excluding carboxylic acids is 2. The molecule has 0 spiro atoms. The molecule has 0 amide bonds. The zero-order chi connectivity index (χ0) is 18.5. The Morgan fingerprint density at radius 1 is 0.846 bits per heavy atom. The molecule has 0 saturated carbocycles. The monoisotopic (exact) mass is 408 g/mol. The predicted molar refractivity (Wildman–Crippen MR) is 104 cm³/mol. The van der Waals surface area contributed by atoms with E-state index in [0.29, 0.717) is 16.7 Å². The van der Waals surface area contributed by atoms with Gasteiger partial charge in [-0.15, -0.1) is 0 Å². The number of hydrogen-bond acceptors (Lipinski definition) is 3. The Hall–Kier alpha value is -2.72. The molecule has 3 rings (SSSR count). The van der Waals surface area contributed by atoms with Gasteiger partial charge < -0.3 is 4.74 Å². The second-order valence-corrected chi connectivity index (χ2v) is 6.74. The van der Waals surface area contributed by atoms with E-state index < -0.39 is 12.1 Å². The van der Waals surface area contributed by atoms with Crippen molar-refractivity contribution in [3.63, 3.8) is 0 Å². The highest BCUT2D eigenvalue weighted by Gasteiger charge is 2.26. The van der Waals surface area contributed by atoms with Crippen LogP contribution in [0.5, 0.6) is 0 Å². The maximum Gasteiger partial charge on any atom is 0.339 e. The van der Waals surface area contributed by atoms with E-state index in [9.17, 15) is 9.59 Å². The highest BCUT2D eigenvalue weighted by Crippen LogP contribution is 2.25. The van der Waals surface area contributed by atoms with Crippen molar-refractivity contribution in [2.75, 3.05) is 0 Å². The number of Topliss-reactive ketones (excluding diaryl/α,β-unsaturated/α-hetero) is 1. The van der Waals surface area contributed by atoms with E-state index in [4.69, 9.17) is 4.74 Å². The van der Waals surface area contributed by atoms with Crippen molar-refractivity contribution in [1.29, 1.82) is 0 Å². The first-order valence-electron chi connectivity index (χ1n) is 8.17. The molecule has 0 bridgehead atoms. The molecule has 0 saturated heterocycles. The van der Waals surface area contributed by atoms with Crippen molar-refractivity contribution in [2.45, 2.75) is 13.0 Å². The van der Waals surface area contributed by atoms with Crippen LogP contribution in [0, 0.1) is 6.92 Å². The van der Waals surface area contributed by atoms with Crippen molar-refractivity contribution in [3.8, 4) is 0 Å². The van der Waals surface area contributed by atoms with Gasteiger partial charge in [-0.05, 0) is 24.6 Å². The predicted octanol–water partition coefficient (Wildman–Crippen LogP) is 5.54. The quantitative estimate of drug-likeness (QED) is 0.411. The number of halogens is 1. The highest BCUT2D eigenvalue weighted by molar-refractivity contribution is 9.10. The van der Waals surface area contributed by atoms with Crippen LogP contribution in [-0.4, -0.2) is 11.8 Å². The molecule has 3 aromatic carbocycles. The van der Waals surface area contributed by atoms with Crippen molar-refractivity contribution in [3.05, 3.63) is 106 Å². The lowest BCUT2D eigenvalue weighted by atomic mass is 9.99. The van der Waals surface area contributed by atoms with Crippen LogP contribution in [-0.2, 0) is 4.74 Å². The van der Waals surface area contributed by atoms with Gasteiger partial charge in [0.05, 0.1) is 5.56 Å². The summed E-state index contributed by atoms with van der Waals surface area (Å²) in [5.74, 6) is -0.792. The third-order valence-electron chi connectivity index (χ3n) is 4.03. The number of esters is 1. The molecule has 0 fully saturated rings. The summed E-state index contributed by atoms with van der Waals surface area (Å²) in [7, 11) is 0. The van der Waals surface area contributed by atoms with Crippen molar-refractivity contribution < 1.29 is 14.3 Å². The third kappa shape index (κ3) is 4.09. The zero-order valence-corrected chi connectivity index (χ0v) is 15.8. The fraction of sp³-hybridized carbons (Fsp3) is 0.0909. The van der Waals surface area contributed by atoms with E-state index in [1.807, 2.05) is 37.3 Å². The average molecular weight is 409 g/mol. The van der Waals surface area contributed by atoms with Gasteiger partial charge in [0.1, 0.15) is 0 Å².